The zero-order chi connectivity index (χ0) is 20.6. The molecule has 11 heteroatoms. The number of imidazole rings is 1. The Bertz CT molecular complexity index is 1150. The molecule has 3 heterocycles. The molecule has 1 aliphatic rings. The Labute approximate surface area is 166 Å². The lowest BCUT2D eigenvalue weighted by Crippen LogP contribution is -2.41. The van der Waals surface area contributed by atoms with E-state index in [1.165, 1.54) is 23.4 Å². The lowest BCUT2D eigenvalue weighted by atomic mass is 10.1. The van der Waals surface area contributed by atoms with Gasteiger partial charge in [-0.2, -0.15) is 4.98 Å². The number of nitrogens with zero attached hydrogens (tertiary/aromatic N) is 5. The number of sulfone groups is 1. The van der Waals surface area contributed by atoms with Gasteiger partial charge in [-0.1, -0.05) is 0 Å². The van der Waals surface area contributed by atoms with Gasteiger partial charge < -0.3 is 14.7 Å². The van der Waals surface area contributed by atoms with E-state index in [2.05, 4.69) is 15.0 Å². The Morgan fingerprint density at radius 3 is 2.45 bits per heavy atom. The van der Waals surface area contributed by atoms with Crippen LogP contribution in [0.25, 0.3) is 16.9 Å². The average molecular weight is 417 g/mol. The highest BCUT2D eigenvalue weighted by Crippen LogP contribution is 2.26. The van der Waals surface area contributed by atoms with E-state index in [9.17, 15) is 13.2 Å². The van der Waals surface area contributed by atoms with Gasteiger partial charge in [0.05, 0.1) is 4.90 Å². The third-order valence-electron chi connectivity index (χ3n) is 4.83. The van der Waals surface area contributed by atoms with Crippen LogP contribution in [0.4, 0.5) is 4.79 Å². The van der Waals surface area contributed by atoms with Crippen molar-refractivity contribution in [2.45, 2.75) is 23.8 Å². The Hall–Kier alpha value is -3.21. The highest BCUT2D eigenvalue weighted by molar-refractivity contribution is 7.90. The van der Waals surface area contributed by atoms with E-state index in [0.29, 0.717) is 48.7 Å². The smallest absolute Gasteiger partial charge is 0.407 e. The van der Waals surface area contributed by atoms with Crippen LogP contribution in [0.3, 0.4) is 0 Å². The number of fused-ring (bicyclic) bond motifs is 1. The molecule has 0 aliphatic carbocycles. The highest BCUT2D eigenvalue weighted by atomic mass is 32.2. The summed E-state index contributed by atoms with van der Waals surface area (Å²) in [6, 6.07) is 6.43. The van der Waals surface area contributed by atoms with E-state index in [4.69, 9.17) is 9.84 Å². The van der Waals surface area contributed by atoms with Gasteiger partial charge in [0.15, 0.2) is 21.0 Å². The van der Waals surface area contributed by atoms with E-state index >= 15 is 0 Å². The summed E-state index contributed by atoms with van der Waals surface area (Å²) in [5.41, 5.74) is 1.73. The number of rotatable bonds is 4. The lowest BCUT2D eigenvalue weighted by Gasteiger charge is -2.29. The summed E-state index contributed by atoms with van der Waals surface area (Å²) in [5.74, 6) is 0.343. The minimum absolute atomic E-state index is 0.150. The fourth-order valence-corrected chi connectivity index (χ4v) is 3.90. The standard InChI is InChI=1S/C18H19N5O5S/c1-29(26,27)14-4-2-12(3-5-14)23-11-21-15-16(23)19-10-20-17(15)28-13-6-8-22(9-7-13)18(24)25/h2-5,10-11,13H,6-9H2,1H3,(H,24,25). The number of amides is 1. The normalized spacial score (nSPS) is 15.6. The number of hydrogen-bond donors (Lipinski definition) is 1. The number of likely N-dealkylation sites (tertiary alicyclic amines) is 1. The second kappa shape index (κ2) is 7.32. The van der Waals surface area contributed by atoms with Gasteiger partial charge in [-0.3, -0.25) is 4.57 Å². The van der Waals surface area contributed by atoms with Crippen molar-refractivity contribution < 1.29 is 23.1 Å². The molecular weight excluding hydrogens is 398 g/mol. The maximum Gasteiger partial charge on any atom is 0.407 e. The molecule has 1 amide bonds. The predicted octanol–water partition coefficient (Wildman–Crippen LogP) is 1.74. The first-order chi connectivity index (χ1) is 13.8. The summed E-state index contributed by atoms with van der Waals surface area (Å²) in [4.78, 5) is 25.5. The van der Waals surface area contributed by atoms with Crippen molar-refractivity contribution in [1.82, 2.24) is 24.4 Å². The molecule has 1 aromatic carbocycles. The van der Waals surface area contributed by atoms with Gasteiger partial charge in [-0.25, -0.2) is 23.2 Å². The summed E-state index contributed by atoms with van der Waals surface area (Å²) >= 11 is 0. The fraction of sp³-hybridized carbons (Fsp3) is 0.333. The first-order valence-electron chi connectivity index (χ1n) is 8.96. The zero-order valence-corrected chi connectivity index (χ0v) is 16.4. The molecule has 0 atom stereocenters. The quantitative estimate of drug-likeness (QED) is 0.680. The molecular formula is C18H19N5O5S. The Morgan fingerprint density at radius 1 is 1.14 bits per heavy atom. The highest BCUT2D eigenvalue weighted by Gasteiger charge is 2.25. The van der Waals surface area contributed by atoms with Gasteiger partial charge in [0, 0.05) is 37.9 Å². The molecule has 1 saturated heterocycles. The molecule has 0 spiro atoms. The molecule has 0 unspecified atom stereocenters. The number of ether oxygens (including phenoxy) is 1. The molecule has 10 nitrogen and oxygen atoms in total. The van der Waals surface area contributed by atoms with Crippen molar-refractivity contribution in [2.24, 2.45) is 0 Å². The third kappa shape index (κ3) is 3.86. The van der Waals surface area contributed by atoms with E-state index < -0.39 is 15.9 Å². The van der Waals surface area contributed by atoms with Gasteiger partial charge in [0.2, 0.25) is 5.88 Å². The SMILES string of the molecule is CS(=O)(=O)c1ccc(-n2cnc3c(OC4CCN(C(=O)O)CC4)ncnc32)cc1. The third-order valence-corrected chi connectivity index (χ3v) is 5.96. The molecule has 0 saturated carbocycles. The molecule has 29 heavy (non-hydrogen) atoms. The van der Waals surface area contributed by atoms with Crippen LogP contribution in [0.5, 0.6) is 5.88 Å². The molecule has 152 valence electrons. The second-order valence-corrected chi connectivity index (χ2v) is 8.83. The maximum absolute atomic E-state index is 11.6. The molecule has 4 rings (SSSR count). The molecule has 1 fully saturated rings. The van der Waals surface area contributed by atoms with Crippen LogP contribution in [0.2, 0.25) is 0 Å². The summed E-state index contributed by atoms with van der Waals surface area (Å²) < 4.78 is 31.0. The van der Waals surface area contributed by atoms with Crippen LogP contribution in [-0.2, 0) is 9.84 Å². The first kappa shape index (κ1) is 19.1. The molecule has 0 radical (unpaired) electrons. The topological polar surface area (TPSA) is 128 Å². The first-order valence-corrected chi connectivity index (χ1v) is 10.8. The number of aromatic nitrogens is 4. The second-order valence-electron chi connectivity index (χ2n) is 6.82. The van der Waals surface area contributed by atoms with Crippen molar-refractivity contribution in [1.29, 1.82) is 0 Å². The van der Waals surface area contributed by atoms with E-state index in [1.54, 1.807) is 23.0 Å². The van der Waals surface area contributed by atoms with Gasteiger partial charge in [0.1, 0.15) is 18.8 Å². The lowest BCUT2D eigenvalue weighted by molar-refractivity contribution is 0.0878. The number of hydrogen-bond acceptors (Lipinski definition) is 7. The van der Waals surface area contributed by atoms with E-state index in [0.717, 1.165) is 6.26 Å². The summed E-state index contributed by atoms with van der Waals surface area (Å²) in [5, 5.41) is 9.05. The Morgan fingerprint density at radius 2 is 1.83 bits per heavy atom. The number of carboxylic acid groups (broad SMARTS) is 1. The van der Waals surface area contributed by atoms with Crippen molar-refractivity contribution in [3.8, 4) is 11.6 Å². The fourth-order valence-electron chi connectivity index (χ4n) is 3.27. The van der Waals surface area contributed by atoms with Gasteiger partial charge in [0.25, 0.3) is 0 Å². The van der Waals surface area contributed by atoms with Gasteiger partial charge in [-0.05, 0) is 24.3 Å². The van der Waals surface area contributed by atoms with Gasteiger partial charge >= 0.3 is 6.09 Å². The summed E-state index contributed by atoms with van der Waals surface area (Å²) in [7, 11) is -3.27. The predicted molar refractivity (Wildman–Crippen MR) is 103 cm³/mol. The zero-order valence-electron chi connectivity index (χ0n) is 15.6. The Kier molecular flexibility index (Phi) is 4.82. The van der Waals surface area contributed by atoms with Crippen molar-refractivity contribution in [3.05, 3.63) is 36.9 Å². The van der Waals surface area contributed by atoms with Gasteiger partial charge in [-0.15, -0.1) is 0 Å². The number of carbonyl (C=O) groups is 1. The van der Waals surface area contributed by atoms with Crippen LogP contribution in [-0.4, -0.2) is 69.5 Å². The van der Waals surface area contributed by atoms with Crippen LogP contribution < -0.4 is 4.74 Å². The van der Waals surface area contributed by atoms with Crippen LogP contribution in [0, 0.1) is 0 Å². The molecule has 1 N–H and O–H groups in total. The Balaban J connectivity index is 1.58. The average Bonchev–Trinajstić information content (AvgIpc) is 3.13. The number of piperidine rings is 1. The van der Waals surface area contributed by atoms with Crippen LogP contribution in [0.1, 0.15) is 12.8 Å². The molecule has 0 bridgehead atoms. The minimum Gasteiger partial charge on any atom is -0.473 e. The monoisotopic (exact) mass is 417 g/mol. The van der Waals surface area contributed by atoms with E-state index in [-0.39, 0.29) is 11.0 Å². The largest absolute Gasteiger partial charge is 0.473 e. The molecule has 3 aromatic rings. The summed E-state index contributed by atoms with van der Waals surface area (Å²) in [6.45, 7) is 0.824. The van der Waals surface area contributed by atoms with Crippen LogP contribution in [0.15, 0.2) is 41.8 Å². The van der Waals surface area contributed by atoms with E-state index in [1.807, 2.05) is 0 Å². The minimum atomic E-state index is -3.27. The number of benzene rings is 1. The maximum atomic E-state index is 11.6. The molecule has 1 aliphatic heterocycles. The summed E-state index contributed by atoms with van der Waals surface area (Å²) in [6.07, 6.45) is 4.20. The van der Waals surface area contributed by atoms with Crippen molar-refractivity contribution >= 4 is 27.1 Å². The molecule has 2 aromatic heterocycles. The van der Waals surface area contributed by atoms with Crippen LogP contribution >= 0.6 is 0 Å². The van der Waals surface area contributed by atoms with Crippen molar-refractivity contribution in [2.75, 3.05) is 19.3 Å². The van der Waals surface area contributed by atoms with Crippen molar-refractivity contribution in [3.63, 3.8) is 0 Å².